The number of pyridine rings is 1. The Labute approximate surface area is 245 Å². The normalized spacial score (nSPS) is 11.7. The van der Waals surface area contributed by atoms with Crippen LogP contribution in [0.4, 0.5) is 18.9 Å². The number of carbonyl (C=O) groups excluding carboxylic acids is 2. The topological polar surface area (TPSA) is 137 Å². The van der Waals surface area contributed by atoms with E-state index in [1.807, 2.05) is 45.0 Å². The Hall–Kier alpha value is -5.44. The predicted octanol–water partition coefficient (Wildman–Crippen LogP) is 6.15. The minimum absolute atomic E-state index is 0.109. The van der Waals surface area contributed by atoms with Gasteiger partial charge in [-0.15, -0.1) is 0 Å². The van der Waals surface area contributed by atoms with Crippen LogP contribution in [0, 0.1) is 11.3 Å². The fourth-order valence-corrected chi connectivity index (χ4v) is 3.88. The highest BCUT2D eigenvalue weighted by Crippen LogP contribution is 2.32. The number of aliphatic carboxylic acids is 1. The Morgan fingerprint density at radius 1 is 0.977 bits per heavy atom. The van der Waals surface area contributed by atoms with Gasteiger partial charge in [-0.05, 0) is 74.4 Å². The first-order chi connectivity index (χ1) is 20.2. The molecule has 4 aromatic rings. The minimum atomic E-state index is -5.08. The van der Waals surface area contributed by atoms with E-state index in [-0.39, 0.29) is 11.7 Å². The molecule has 1 unspecified atom stereocenters. The first-order valence-electron chi connectivity index (χ1n) is 12.7. The lowest BCUT2D eigenvalue weighted by molar-refractivity contribution is -0.192. The third-order valence-corrected chi connectivity index (χ3v) is 5.67. The Morgan fingerprint density at radius 2 is 1.65 bits per heavy atom. The SMILES string of the molecule is CC(C)(C)NC(=O)C(c1cccnc1)N(C(=O)c1ccco1)c1ccc(-c2cccc(C#N)c2)cc1.O=C(O)C(F)(F)F. The Bertz CT molecular complexity index is 1590. The highest BCUT2D eigenvalue weighted by molar-refractivity contribution is 6.08. The van der Waals surface area contributed by atoms with Gasteiger partial charge in [-0.25, -0.2) is 4.79 Å². The van der Waals surface area contributed by atoms with E-state index in [1.165, 1.54) is 11.2 Å². The molecule has 0 aliphatic heterocycles. The number of benzene rings is 2. The lowest BCUT2D eigenvalue weighted by Crippen LogP contribution is -2.49. The molecule has 0 spiro atoms. The molecule has 0 saturated heterocycles. The monoisotopic (exact) mass is 592 g/mol. The number of rotatable bonds is 6. The Morgan fingerprint density at radius 3 is 2.16 bits per heavy atom. The molecule has 43 heavy (non-hydrogen) atoms. The number of nitrogens with zero attached hydrogens (tertiary/aromatic N) is 3. The number of hydrogen-bond acceptors (Lipinski definition) is 6. The second-order valence-corrected chi connectivity index (χ2v) is 10.1. The molecule has 2 aromatic carbocycles. The summed E-state index contributed by atoms with van der Waals surface area (Å²) in [5.74, 6) is -3.45. The molecule has 2 N–H and O–H groups in total. The molecule has 0 bridgehead atoms. The third kappa shape index (κ3) is 8.77. The van der Waals surface area contributed by atoms with E-state index >= 15 is 0 Å². The zero-order valence-electron chi connectivity index (χ0n) is 23.3. The standard InChI is InChI=1S/C29H26N4O3.C2HF3O2/c1-29(2,3)32-27(34)26(23-9-5-15-31-19-23)33(28(35)25-10-6-16-36-25)24-13-11-21(12-14-24)22-8-4-7-20(17-22)18-30;3-2(4,5)1(6)7/h4-17,19,26H,1-3H3,(H,32,34);(H,6,7). The van der Waals surface area contributed by atoms with Gasteiger partial charge in [0.1, 0.15) is 6.04 Å². The summed E-state index contributed by atoms with van der Waals surface area (Å²) in [6.45, 7) is 5.65. The van der Waals surface area contributed by atoms with Crippen LogP contribution in [-0.4, -0.2) is 39.6 Å². The highest BCUT2D eigenvalue weighted by Gasteiger charge is 2.38. The van der Waals surface area contributed by atoms with Gasteiger partial charge in [0.25, 0.3) is 5.91 Å². The number of amides is 2. The van der Waals surface area contributed by atoms with Crippen LogP contribution in [0.5, 0.6) is 0 Å². The summed E-state index contributed by atoms with van der Waals surface area (Å²) < 4.78 is 37.1. The van der Waals surface area contributed by atoms with Gasteiger partial charge in [0.05, 0.1) is 17.9 Å². The minimum Gasteiger partial charge on any atom is -0.475 e. The third-order valence-electron chi connectivity index (χ3n) is 5.67. The first-order valence-corrected chi connectivity index (χ1v) is 12.7. The summed E-state index contributed by atoms with van der Waals surface area (Å²) in [6.07, 6.45) is -0.465. The average molecular weight is 593 g/mol. The van der Waals surface area contributed by atoms with Crippen LogP contribution in [0.3, 0.4) is 0 Å². The zero-order valence-corrected chi connectivity index (χ0v) is 23.3. The number of carboxylic acid groups (broad SMARTS) is 1. The molecule has 4 rings (SSSR count). The average Bonchev–Trinajstić information content (AvgIpc) is 3.50. The predicted molar refractivity (Wildman–Crippen MR) is 151 cm³/mol. The maximum atomic E-state index is 13.7. The number of carbonyl (C=O) groups is 3. The summed E-state index contributed by atoms with van der Waals surface area (Å²) in [5, 5.41) is 19.4. The van der Waals surface area contributed by atoms with E-state index in [0.29, 0.717) is 16.8 Å². The van der Waals surface area contributed by atoms with Gasteiger partial charge in [-0.2, -0.15) is 18.4 Å². The van der Waals surface area contributed by atoms with Gasteiger partial charge in [0.15, 0.2) is 5.76 Å². The lowest BCUT2D eigenvalue weighted by Gasteiger charge is -2.33. The van der Waals surface area contributed by atoms with Crippen LogP contribution in [-0.2, 0) is 9.59 Å². The molecule has 222 valence electrons. The fraction of sp³-hybridized carbons (Fsp3) is 0.194. The zero-order chi connectivity index (χ0) is 31.8. The van der Waals surface area contributed by atoms with Crippen LogP contribution < -0.4 is 10.2 Å². The number of alkyl halides is 3. The number of nitriles is 1. The summed E-state index contributed by atoms with van der Waals surface area (Å²) in [5.41, 5.74) is 2.85. The van der Waals surface area contributed by atoms with E-state index in [2.05, 4.69) is 16.4 Å². The number of nitrogens with one attached hydrogen (secondary N) is 1. The smallest absolute Gasteiger partial charge is 0.475 e. The molecule has 0 fully saturated rings. The largest absolute Gasteiger partial charge is 0.490 e. The van der Waals surface area contributed by atoms with Crippen molar-refractivity contribution in [2.75, 3.05) is 4.90 Å². The molecule has 2 heterocycles. The molecule has 1 atom stereocenters. The van der Waals surface area contributed by atoms with Crippen molar-refractivity contribution in [1.29, 1.82) is 5.26 Å². The van der Waals surface area contributed by atoms with Gasteiger partial charge < -0.3 is 14.8 Å². The van der Waals surface area contributed by atoms with Crippen LogP contribution >= 0.6 is 0 Å². The van der Waals surface area contributed by atoms with Crippen LogP contribution in [0.1, 0.15) is 48.5 Å². The van der Waals surface area contributed by atoms with Crippen molar-refractivity contribution in [2.45, 2.75) is 38.5 Å². The van der Waals surface area contributed by atoms with Crippen molar-refractivity contribution in [3.8, 4) is 17.2 Å². The number of carboxylic acids is 1. The second kappa shape index (κ2) is 13.5. The van der Waals surface area contributed by atoms with E-state index in [0.717, 1.165) is 11.1 Å². The molecular formula is C31H27F3N4O5. The Balaban J connectivity index is 0.000000646. The highest BCUT2D eigenvalue weighted by atomic mass is 19.4. The summed E-state index contributed by atoms with van der Waals surface area (Å²) in [6, 6.07) is 22.4. The van der Waals surface area contributed by atoms with Crippen molar-refractivity contribution in [1.82, 2.24) is 10.3 Å². The number of halogens is 3. The molecule has 0 aliphatic rings. The molecule has 0 aliphatic carbocycles. The fourth-order valence-electron chi connectivity index (χ4n) is 3.88. The van der Waals surface area contributed by atoms with Gasteiger partial charge in [0.2, 0.25) is 5.91 Å². The molecule has 2 aromatic heterocycles. The van der Waals surface area contributed by atoms with Gasteiger partial charge in [-0.1, -0.05) is 30.3 Å². The van der Waals surface area contributed by atoms with E-state index in [1.54, 1.807) is 60.9 Å². The number of furan rings is 1. The lowest BCUT2D eigenvalue weighted by atomic mass is 10.0. The van der Waals surface area contributed by atoms with Crippen molar-refractivity contribution >= 4 is 23.5 Å². The van der Waals surface area contributed by atoms with Crippen molar-refractivity contribution in [3.63, 3.8) is 0 Å². The van der Waals surface area contributed by atoms with Gasteiger partial charge in [-0.3, -0.25) is 19.5 Å². The maximum absolute atomic E-state index is 13.7. The van der Waals surface area contributed by atoms with Crippen LogP contribution in [0.15, 0.2) is 95.9 Å². The van der Waals surface area contributed by atoms with Gasteiger partial charge >= 0.3 is 12.1 Å². The van der Waals surface area contributed by atoms with E-state index < -0.39 is 29.6 Å². The Kier molecular flexibility index (Phi) is 10.1. The number of aromatic nitrogens is 1. The summed E-state index contributed by atoms with van der Waals surface area (Å²) in [4.78, 5) is 41.8. The quantitative estimate of drug-likeness (QED) is 0.274. The van der Waals surface area contributed by atoms with Crippen molar-refractivity contribution in [2.24, 2.45) is 0 Å². The maximum Gasteiger partial charge on any atom is 0.490 e. The van der Waals surface area contributed by atoms with Gasteiger partial charge in [0, 0.05) is 29.2 Å². The molecule has 0 saturated carbocycles. The molecule has 2 amide bonds. The molecular weight excluding hydrogens is 565 g/mol. The second-order valence-electron chi connectivity index (χ2n) is 10.1. The van der Waals surface area contributed by atoms with E-state index in [9.17, 15) is 28.0 Å². The molecule has 9 nitrogen and oxygen atoms in total. The van der Waals surface area contributed by atoms with Crippen molar-refractivity contribution < 1.29 is 37.1 Å². The summed E-state index contributed by atoms with van der Waals surface area (Å²) >= 11 is 0. The molecule has 0 radical (unpaired) electrons. The number of anilines is 1. The molecule has 12 heteroatoms. The van der Waals surface area contributed by atoms with Crippen LogP contribution in [0.25, 0.3) is 11.1 Å². The van der Waals surface area contributed by atoms with E-state index in [4.69, 9.17) is 14.3 Å². The van der Waals surface area contributed by atoms with Crippen molar-refractivity contribution in [3.05, 3.63) is 108 Å². The first kappa shape index (κ1) is 32.1. The number of hydrogen-bond donors (Lipinski definition) is 2. The van der Waals surface area contributed by atoms with Crippen LogP contribution in [0.2, 0.25) is 0 Å². The summed E-state index contributed by atoms with van der Waals surface area (Å²) in [7, 11) is 0.